The first-order chi connectivity index (χ1) is 16.9. The van der Waals surface area contributed by atoms with Crippen molar-refractivity contribution in [1.29, 1.82) is 0 Å². The first kappa shape index (κ1) is 25.9. The third kappa shape index (κ3) is 5.79. The van der Waals surface area contributed by atoms with Crippen LogP contribution in [0.2, 0.25) is 0 Å². The van der Waals surface area contributed by atoms with Crippen molar-refractivity contribution in [2.24, 2.45) is 5.92 Å². The summed E-state index contributed by atoms with van der Waals surface area (Å²) in [6, 6.07) is 5.51. The highest BCUT2D eigenvalue weighted by molar-refractivity contribution is 5.66. The van der Waals surface area contributed by atoms with Gasteiger partial charge in [-0.25, -0.2) is 17.6 Å². The monoisotopic (exact) mass is 492 g/mol. The van der Waals surface area contributed by atoms with E-state index in [9.17, 15) is 13.2 Å². The van der Waals surface area contributed by atoms with Gasteiger partial charge in [0.2, 0.25) is 0 Å². The van der Waals surface area contributed by atoms with Gasteiger partial charge in [-0.15, -0.1) is 6.58 Å². The van der Waals surface area contributed by atoms with Gasteiger partial charge in [-0.1, -0.05) is 30.3 Å². The second-order valence-corrected chi connectivity index (χ2v) is 9.29. The molecule has 2 aliphatic rings. The van der Waals surface area contributed by atoms with Crippen LogP contribution in [0.15, 0.2) is 36.9 Å². The molecule has 2 saturated heterocycles. The van der Waals surface area contributed by atoms with E-state index >= 15 is 4.39 Å². The number of ether oxygens (including phenoxy) is 3. The Morgan fingerprint density at radius 3 is 2.26 bits per heavy atom. The molecule has 4 atom stereocenters. The fourth-order valence-corrected chi connectivity index (χ4v) is 4.92. The van der Waals surface area contributed by atoms with Gasteiger partial charge in [0.05, 0.1) is 19.3 Å². The van der Waals surface area contributed by atoms with Crippen molar-refractivity contribution in [2.75, 3.05) is 19.8 Å². The fourth-order valence-electron chi connectivity index (χ4n) is 4.92. The molecule has 3 nitrogen and oxygen atoms in total. The molecule has 2 fully saturated rings. The highest BCUT2D eigenvalue weighted by atomic mass is 19.2. The van der Waals surface area contributed by atoms with Crippen LogP contribution < -0.4 is 0 Å². The Morgan fingerprint density at radius 2 is 1.63 bits per heavy atom. The van der Waals surface area contributed by atoms with Crippen LogP contribution in [0.3, 0.4) is 0 Å². The summed E-state index contributed by atoms with van der Waals surface area (Å²) in [5, 5.41) is 0. The van der Waals surface area contributed by atoms with Gasteiger partial charge in [-0.3, -0.25) is 0 Å². The lowest BCUT2D eigenvalue weighted by Crippen LogP contribution is -2.27. The largest absolute Gasteiger partial charge is 0.378 e. The second-order valence-electron chi connectivity index (χ2n) is 9.29. The lowest BCUT2D eigenvalue weighted by molar-refractivity contribution is -0.164. The van der Waals surface area contributed by atoms with E-state index < -0.39 is 23.3 Å². The maximum atomic E-state index is 15.0. The van der Waals surface area contributed by atoms with Crippen molar-refractivity contribution < 1.29 is 31.8 Å². The molecule has 0 bridgehead atoms. The zero-order valence-corrected chi connectivity index (χ0v) is 20.0. The molecule has 2 aliphatic heterocycles. The highest BCUT2D eigenvalue weighted by Gasteiger charge is 2.28. The molecule has 2 aromatic carbocycles. The summed E-state index contributed by atoms with van der Waals surface area (Å²) in [6.45, 7) is 6.94. The van der Waals surface area contributed by atoms with E-state index in [0.29, 0.717) is 44.8 Å². The molecule has 0 saturated carbocycles. The number of hydrogen-bond acceptors (Lipinski definition) is 3. The predicted octanol–water partition coefficient (Wildman–Crippen LogP) is 7.08. The minimum absolute atomic E-state index is 0.0139. The summed E-state index contributed by atoms with van der Waals surface area (Å²) in [5.41, 5.74) is -0.233. The van der Waals surface area contributed by atoms with Crippen molar-refractivity contribution in [1.82, 2.24) is 0 Å². The van der Waals surface area contributed by atoms with Gasteiger partial charge in [0.25, 0.3) is 0 Å². The van der Waals surface area contributed by atoms with E-state index in [0.717, 1.165) is 12.8 Å². The standard InChI is InChI=1S/C28H32F4O3/c1-3-17-5-9-20(34-15-17)10-6-18-7-11-22(27(31)25(18)29)23-13-12-21(26(30)28(23)32)19-8-14-24(33-4-2)35-16-19/h3,7,11-13,17,19-20,24H,1,4-6,8-10,14-16H2,2H3. The Bertz CT molecular complexity index is 1030. The van der Waals surface area contributed by atoms with Gasteiger partial charge in [0.1, 0.15) is 0 Å². The van der Waals surface area contributed by atoms with E-state index in [-0.39, 0.29) is 47.2 Å². The number of aryl methyl sites for hydroxylation is 1. The summed E-state index contributed by atoms with van der Waals surface area (Å²) in [5.74, 6) is -4.45. The average molecular weight is 493 g/mol. The first-order valence-electron chi connectivity index (χ1n) is 12.3. The molecule has 35 heavy (non-hydrogen) atoms. The molecule has 4 unspecified atom stereocenters. The molecule has 0 radical (unpaired) electrons. The Balaban J connectivity index is 1.46. The molecule has 2 aromatic rings. The summed E-state index contributed by atoms with van der Waals surface area (Å²) < 4.78 is 76.6. The average Bonchev–Trinajstić information content (AvgIpc) is 2.88. The molecular weight excluding hydrogens is 460 g/mol. The molecular formula is C28H32F4O3. The predicted molar refractivity (Wildman–Crippen MR) is 126 cm³/mol. The van der Waals surface area contributed by atoms with E-state index in [1.807, 2.05) is 13.0 Å². The zero-order chi connectivity index (χ0) is 24.9. The molecule has 0 amide bonds. The molecule has 7 heteroatoms. The molecule has 0 N–H and O–H groups in total. The normalized spacial score (nSPS) is 24.9. The van der Waals surface area contributed by atoms with Gasteiger partial charge < -0.3 is 14.2 Å². The third-order valence-electron chi connectivity index (χ3n) is 7.07. The van der Waals surface area contributed by atoms with E-state index in [4.69, 9.17) is 14.2 Å². The van der Waals surface area contributed by atoms with Crippen LogP contribution in [-0.4, -0.2) is 32.2 Å². The third-order valence-corrected chi connectivity index (χ3v) is 7.07. The highest BCUT2D eigenvalue weighted by Crippen LogP contribution is 2.36. The Kier molecular flexibility index (Phi) is 8.63. The number of benzene rings is 2. The van der Waals surface area contributed by atoms with E-state index in [1.54, 1.807) is 0 Å². The van der Waals surface area contributed by atoms with Crippen LogP contribution in [0.1, 0.15) is 56.1 Å². The molecule has 0 aliphatic carbocycles. The van der Waals surface area contributed by atoms with Crippen LogP contribution in [0, 0.1) is 29.2 Å². The number of rotatable bonds is 8. The van der Waals surface area contributed by atoms with Gasteiger partial charge in [0, 0.05) is 29.6 Å². The van der Waals surface area contributed by atoms with Crippen LogP contribution in [-0.2, 0) is 20.6 Å². The van der Waals surface area contributed by atoms with E-state index in [1.165, 1.54) is 24.3 Å². The smallest absolute Gasteiger partial charge is 0.167 e. The summed E-state index contributed by atoms with van der Waals surface area (Å²) in [7, 11) is 0. The molecule has 0 aromatic heterocycles. The zero-order valence-electron chi connectivity index (χ0n) is 20.0. The first-order valence-corrected chi connectivity index (χ1v) is 12.3. The lowest BCUT2D eigenvalue weighted by Gasteiger charge is -2.29. The van der Waals surface area contributed by atoms with Crippen LogP contribution in [0.4, 0.5) is 17.6 Å². The van der Waals surface area contributed by atoms with Crippen molar-refractivity contribution in [2.45, 2.75) is 63.8 Å². The molecule has 0 spiro atoms. The minimum Gasteiger partial charge on any atom is -0.378 e. The maximum absolute atomic E-state index is 15.0. The SMILES string of the molecule is C=CC1CCC(CCc2ccc(-c3ccc(C4CCC(OCC)OC4)c(F)c3F)c(F)c2F)OC1. The van der Waals surface area contributed by atoms with Crippen LogP contribution in [0.5, 0.6) is 0 Å². The number of hydrogen-bond donors (Lipinski definition) is 0. The Labute approximate surface area is 204 Å². The lowest BCUT2D eigenvalue weighted by atomic mass is 9.90. The van der Waals surface area contributed by atoms with Crippen molar-refractivity contribution in [3.8, 4) is 11.1 Å². The summed E-state index contributed by atoms with van der Waals surface area (Å²) in [4.78, 5) is 0. The fraction of sp³-hybridized carbons (Fsp3) is 0.500. The summed E-state index contributed by atoms with van der Waals surface area (Å²) >= 11 is 0. The Hall–Kier alpha value is -2.22. The topological polar surface area (TPSA) is 27.7 Å². The summed E-state index contributed by atoms with van der Waals surface area (Å²) in [6.07, 6.45) is 5.34. The molecule has 4 rings (SSSR count). The van der Waals surface area contributed by atoms with Crippen molar-refractivity contribution >= 4 is 0 Å². The Morgan fingerprint density at radius 1 is 0.886 bits per heavy atom. The van der Waals surface area contributed by atoms with Crippen LogP contribution in [0.25, 0.3) is 11.1 Å². The molecule has 2 heterocycles. The second kappa shape index (κ2) is 11.7. The number of halogens is 4. The van der Waals surface area contributed by atoms with Gasteiger partial charge in [0.15, 0.2) is 29.6 Å². The van der Waals surface area contributed by atoms with E-state index in [2.05, 4.69) is 6.58 Å². The van der Waals surface area contributed by atoms with Crippen molar-refractivity contribution in [3.63, 3.8) is 0 Å². The van der Waals surface area contributed by atoms with Gasteiger partial charge >= 0.3 is 0 Å². The van der Waals surface area contributed by atoms with Crippen LogP contribution >= 0.6 is 0 Å². The molecule has 190 valence electrons. The minimum atomic E-state index is -1.19. The van der Waals surface area contributed by atoms with Crippen molar-refractivity contribution in [3.05, 3.63) is 71.3 Å². The van der Waals surface area contributed by atoms with Gasteiger partial charge in [-0.2, -0.15) is 0 Å². The van der Waals surface area contributed by atoms with Gasteiger partial charge in [-0.05, 0) is 56.6 Å². The maximum Gasteiger partial charge on any atom is 0.167 e. The quantitative estimate of drug-likeness (QED) is 0.291.